The predicted octanol–water partition coefficient (Wildman–Crippen LogP) is 1.21. The minimum atomic E-state index is -1.19. The van der Waals surface area contributed by atoms with Gasteiger partial charge in [0.1, 0.15) is 17.4 Å². The van der Waals surface area contributed by atoms with Crippen LogP contribution < -0.4 is 5.32 Å². The number of carbonyl (C=O) groups is 1. The zero-order valence-electron chi connectivity index (χ0n) is 11.7. The fourth-order valence-electron chi connectivity index (χ4n) is 2.40. The summed E-state index contributed by atoms with van der Waals surface area (Å²) in [5.74, 6) is -1.47. The van der Waals surface area contributed by atoms with E-state index in [0.29, 0.717) is 30.1 Å². The summed E-state index contributed by atoms with van der Waals surface area (Å²) in [5.41, 5.74) is 1.61. The molecule has 3 N–H and O–H groups in total. The third-order valence-corrected chi connectivity index (χ3v) is 3.46. The van der Waals surface area contributed by atoms with Gasteiger partial charge in [-0.2, -0.15) is 0 Å². The summed E-state index contributed by atoms with van der Waals surface area (Å²) in [6, 6.07) is 4.35. The molecule has 0 bridgehead atoms. The van der Waals surface area contributed by atoms with Crippen LogP contribution in [0.15, 0.2) is 30.6 Å². The van der Waals surface area contributed by atoms with E-state index < -0.39 is 5.97 Å². The summed E-state index contributed by atoms with van der Waals surface area (Å²) in [5, 5.41) is 22.0. The van der Waals surface area contributed by atoms with E-state index in [2.05, 4.69) is 15.3 Å². The Labute approximate surface area is 126 Å². The molecule has 1 aliphatic rings. The van der Waals surface area contributed by atoms with Crippen LogP contribution in [0.4, 0.5) is 0 Å². The number of nitrogens with one attached hydrogen (secondary N) is 1. The number of ether oxygens (including phenoxy) is 1. The standard InChI is InChI=1S/C15H15N3O4/c19-11-2-1-9(7-10(11)15(20)21)13-14(18-4-3-17-13)12-8-16-5-6-22-12/h1-4,7,12,16,19H,5-6,8H2,(H,20,21). The Kier molecular flexibility index (Phi) is 3.99. The third kappa shape index (κ3) is 2.76. The van der Waals surface area contributed by atoms with Gasteiger partial charge in [-0.15, -0.1) is 0 Å². The molecule has 22 heavy (non-hydrogen) atoms. The second-order valence-corrected chi connectivity index (χ2v) is 4.89. The zero-order chi connectivity index (χ0) is 15.5. The normalized spacial score (nSPS) is 18.1. The number of phenols is 1. The minimum absolute atomic E-state index is 0.170. The molecule has 1 unspecified atom stereocenters. The third-order valence-electron chi connectivity index (χ3n) is 3.46. The maximum atomic E-state index is 11.2. The number of aromatic carboxylic acids is 1. The summed E-state index contributed by atoms with van der Waals surface area (Å²) < 4.78 is 5.70. The van der Waals surface area contributed by atoms with Crippen molar-refractivity contribution in [3.05, 3.63) is 41.9 Å². The first-order chi connectivity index (χ1) is 10.7. The van der Waals surface area contributed by atoms with Crippen molar-refractivity contribution in [3.8, 4) is 17.0 Å². The number of rotatable bonds is 3. The molecule has 1 saturated heterocycles. The van der Waals surface area contributed by atoms with Crippen molar-refractivity contribution < 1.29 is 19.7 Å². The molecule has 2 heterocycles. The Bertz CT molecular complexity index is 699. The molecule has 0 saturated carbocycles. The van der Waals surface area contributed by atoms with Gasteiger partial charge in [-0.3, -0.25) is 9.97 Å². The van der Waals surface area contributed by atoms with Gasteiger partial charge in [-0.25, -0.2) is 4.79 Å². The van der Waals surface area contributed by atoms with Crippen molar-refractivity contribution in [1.82, 2.24) is 15.3 Å². The second-order valence-electron chi connectivity index (χ2n) is 4.89. The summed E-state index contributed by atoms with van der Waals surface area (Å²) in [6.07, 6.45) is 2.89. The lowest BCUT2D eigenvalue weighted by molar-refractivity contribution is 0.0252. The van der Waals surface area contributed by atoms with Gasteiger partial charge < -0.3 is 20.3 Å². The molecule has 7 nitrogen and oxygen atoms in total. The Hall–Kier alpha value is -2.51. The predicted molar refractivity (Wildman–Crippen MR) is 77.7 cm³/mol. The summed E-state index contributed by atoms with van der Waals surface area (Å²) in [6.45, 7) is 1.99. The van der Waals surface area contributed by atoms with Gasteiger partial charge in [-0.1, -0.05) is 0 Å². The first-order valence-electron chi connectivity index (χ1n) is 6.86. The molecule has 1 atom stereocenters. The van der Waals surface area contributed by atoms with Crippen molar-refractivity contribution >= 4 is 5.97 Å². The largest absolute Gasteiger partial charge is 0.507 e. The van der Waals surface area contributed by atoms with E-state index in [0.717, 1.165) is 6.54 Å². The van der Waals surface area contributed by atoms with Crippen LogP contribution in [0, 0.1) is 0 Å². The van der Waals surface area contributed by atoms with Crippen molar-refractivity contribution in [2.24, 2.45) is 0 Å². The Morgan fingerprint density at radius 2 is 2.14 bits per heavy atom. The van der Waals surface area contributed by atoms with E-state index in [-0.39, 0.29) is 17.4 Å². The fourth-order valence-corrected chi connectivity index (χ4v) is 2.40. The molecule has 2 aromatic rings. The molecular weight excluding hydrogens is 286 g/mol. The lowest BCUT2D eigenvalue weighted by Gasteiger charge is -2.24. The number of hydrogen-bond donors (Lipinski definition) is 3. The van der Waals surface area contributed by atoms with E-state index in [1.807, 2.05) is 0 Å². The Morgan fingerprint density at radius 1 is 1.32 bits per heavy atom. The number of hydrogen-bond acceptors (Lipinski definition) is 6. The molecule has 0 aliphatic carbocycles. The smallest absolute Gasteiger partial charge is 0.339 e. The van der Waals surface area contributed by atoms with Crippen LogP contribution in [0.5, 0.6) is 5.75 Å². The minimum Gasteiger partial charge on any atom is -0.507 e. The van der Waals surface area contributed by atoms with Gasteiger partial charge in [-0.05, 0) is 18.2 Å². The number of nitrogens with zero attached hydrogens (tertiary/aromatic N) is 2. The van der Waals surface area contributed by atoms with Crippen molar-refractivity contribution in [1.29, 1.82) is 0 Å². The second kappa shape index (κ2) is 6.08. The number of carboxylic acid groups (broad SMARTS) is 1. The topological polar surface area (TPSA) is 105 Å². The highest BCUT2D eigenvalue weighted by molar-refractivity contribution is 5.92. The highest BCUT2D eigenvalue weighted by Gasteiger charge is 2.22. The molecule has 1 fully saturated rings. The van der Waals surface area contributed by atoms with Crippen molar-refractivity contribution in [2.75, 3.05) is 19.7 Å². The van der Waals surface area contributed by atoms with Gasteiger partial charge in [0.15, 0.2) is 0 Å². The lowest BCUT2D eigenvalue weighted by atomic mass is 10.0. The monoisotopic (exact) mass is 301 g/mol. The first kappa shape index (κ1) is 14.4. The number of aromatic hydroxyl groups is 1. The quantitative estimate of drug-likeness (QED) is 0.782. The molecule has 1 aromatic heterocycles. The highest BCUT2D eigenvalue weighted by atomic mass is 16.5. The molecule has 1 aromatic carbocycles. The Balaban J connectivity index is 2.05. The number of morpholine rings is 1. The van der Waals surface area contributed by atoms with Crippen LogP contribution in [0.1, 0.15) is 22.2 Å². The molecule has 3 rings (SSSR count). The summed E-state index contributed by atoms with van der Waals surface area (Å²) in [4.78, 5) is 19.8. The van der Waals surface area contributed by atoms with Crippen LogP contribution in [0.25, 0.3) is 11.3 Å². The first-order valence-corrected chi connectivity index (χ1v) is 6.86. The summed E-state index contributed by atoms with van der Waals surface area (Å²) in [7, 11) is 0. The molecule has 1 aliphatic heterocycles. The lowest BCUT2D eigenvalue weighted by Crippen LogP contribution is -2.34. The van der Waals surface area contributed by atoms with E-state index in [1.165, 1.54) is 12.1 Å². The van der Waals surface area contributed by atoms with Gasteiger partial charge in [0, 0.05) is 31.0 Å². The number of aromatic nitrogens is 2. The van der Waals surface area contributed by atoms with Gasteiger partial charge in [0.05, 0.1) is 18.0 Å². The highest BCUT2D eigenvalue weighted by Crippen LogP contribution is 2.30. The fraction of sp³-hybridized carbons (Fsp3) is 0.267. The molecule has 0 radical (unpaired) electrons. The molecule has 7 heteroatoms. The van der Waals surface area contributed by atoms with Crippen LogP contribution in [-0.4, -0.2) is 45.8 Å². The molecule has 0 spiro atoms. The average Bonchev–Trinajstić information content (AvgIpc) is 2.56. The van der Waals surface area contributed by atoms with E-state index in [1.54, 1.807) is 18.5 Å². The van der Waals surface area contributed by atoms with Crippen LogP contribution in [-0.2, 0) is 4.74 Å². The Morgan fingerprint density at radius 3 is 2.86 bits per heavy atom. The maximum absolute atomic E-state index is 11.2. The van der Waals surface area contributed by atoms with Crippen LogP contribution in [0.3, 0.4) is 0 Å². The zero-order valence-corrected chi connectivity index (χ0v) is 11.7. The van der Waals surface area contributed by atoms with Crippen molar-refractivity contribution in [3.63, 3.8) is 0 Å². The molecular formula is C15H15N3O4. The van der Waals surface area contributed by atoms with Crippen molar-refractivity contribution in [2.45, 2.75) is 6.10 Å². The van der Waals surface area contributed by atoms with Gasteiger partial charge in [0.2, 0.25) is 0 Å². The van der Waals surface area contributed by atoms with E-state index >= 15 is 0 Å². The number of benzene rings is 1. The van der Waals surface area contributed by atoms with E-state index in [4.69, 9.17) is 9.84 Å². The average molecular weight is 301 g/mol. The maximum Gasteiger partial charge on any atom is 0.339 e. The number of carboxylic acids is 1. The molecule has 0 amide bonds. The van der Waals surface area contributed by atoms with Crippen LogP contribution >= 0.6 is 0 Å². The van der Waals surface area contributed by atoms with Gasteiger partial charge in [0.25, 0.3) is 0 Å². The summed E-state index contributed by atoms with van der Waals surface area (Å²) >= 11 is 0. The molecule has 114 valence electrons. The van der Waals surface area contributed by atoms with E-state index in [9.17, 15) is 9.90 Å². The van der Waals surface area contributed by atoms with Crippen LogP contribution in [0.2, 0.25) is 0 Å². The van der Waals surface area contributed by atoms with Gasteiger partial charge >= 0.3 is 5.97 Å². The SMILES string of the molecule is O=C(O)c1cc(-c2nccnc2C2CNCCO2)ccc1O.